The predicted molar refractivity (Wildman–Crippen MR) is 74.6 cm³/mol. The van der Waals surface area contributed by atoms with Crippen LogP contribution in [-0.2, 0) is 0 Å². The Morgan fingerprint density at radius 2 is 2.22 bits per heavy atom. The average molecular weight is 314 g/mol. The number of ether oxygens (including phenoxy) is 1. The summed E-state index contributed by atoms with van der Waals surface area (Å²) in [5.41, 5.74) is 0.433. The van der Waals surface area contributed by atoms with E-state index in [4.69, 9.17) is 14.4 Å². The first kappa shape index (κ1) is 14.5. The van der Waals surface area contributed by atoms with Crippen LogP contribution in [0, 0.1) is 21.4 Å². The van der Waals surface area contributed by atoms with Gasteiger partial charge in [0.05, 0.1) is 24.7 Å². The number of furan rings is 1. The largest absolute Gasteiger partial charge is 0.471 e. The van der Waals surface area contributed by atoms with E-state index in [1.54, 1.807) is 12.1 Å². The van der Waals surface area contributed by atoms with Crippen LogP contribution in [0.2, 0.25) is 0 Å². The lowest BCUT2D eigenvalue weighted by Gasteiger charge is -2.37. The van der Waals surface area contributed by atoms with Crippen molar-refractivity contribution in [3.8, 4) is 11.9 Å². The second-order valence-corrected chi connectivity index (χ2v) is 4.84. The van der Waals surface area contributed by atoms with Gasteiger partial charge in [-0.15, -0.1) is 0 Å². The van der Waals surface area contributed by atoms with Gasteiger partial charge in [-0.2, -0.15) is 5.26 Å². The number of nitro groups is 1. The van der Waals surface area contributed by atoms with Gasteiger partial charge in [0.1, 0.15) is 17.1 Å². The van der Waals surface area contributed by atoms with Crippen molar-refractivity contribution in [2.24, 2.45) is 0 Å². The van der Waals surface area contributed by atoms with Crippen molar-refractivity contribution < 1.29 is 18.9 Å². The lowest BCUT2D eigenvalue weighted by Crippen LogP contribution is -2.56. The van der Waals surface area contributed by atoms with E-state index in [1.807, 2.05) is 6.07 Å². The first-order valence-electron chi connectivity index (χ1n) is 6.63. The Kier molecular flexibility index (Phi) is 3.64. The highest BCUT2D eigenvalue weighted by Crippen LogP contribution is 2.22. The van der Waals surface area contributed by atoms with Crippen molar-refractivity contribution in [2.45, 2.75) is 6.10 Å². The number of hydrogen-bond acceptors (Lipinski definition) is 7. The van der Waals surface area contributed by atoms with Gasteiger partial charge in [-0.3, -0.25) is 14.9 Å². The zero-order chi connectivity index (χ0) is 16.4. The van der Waals surface area contributed by atoms with Crippen molar-refractivity contribution in [1.82, 2.24) is 9.88 Å². The van der Waals surface area contributed by atoms with Gasteiger partial charge in [-0.1, -0.05) is 0 Å². The molecule has 2 aromatic heterocycles. The molecule has 1 saturated heterocycles. The molecule has 0 spiro atoms. The number of aromatic nitrogens is 1. The highest BCUT2D eigenvalue weighted by atomic mass is 16.6. The van der Waals surface area contributed by atoms with Gasteiger partial charge in [-0.05, 0) is 12.1 Å². The van der Waals surface area contributed by atoms with E-state index in [0.717, 1.165) is 6.07 Å². The van der Waals surface area contributed by atoms with Crippen LogP contribution < -0.4 is 4.74 Å². The number of hydrogen-bond donors (Lipinski definition) is 0. The quantitative estimate of drug-likeness (QED) is 0.616. The summed E-state index contributed by atoms with van der Waals surface area (Å²) in [6, 6.07) is 7.54. The smallest absolute Gasteiger partial charge is 0.433 e. The van der Waals surface area contributed by atoms with Crippen molar-refractivity contribution in [3.05, 3.63) is 51.9 Å². The summed E-state index contributed by atoms with van der Waals surface area (Å²) in [4.78, 5) is 27.3. The minimum atomic E-state index is -0.699. The molecule has 9 nitrogen and oxygen atoms in total. The number of pyridine rings is 1. The predicted octanol–water partition coefficient (Wildman–Crippen LogP) is 1.36. The van der Waals surface area contributed by atoms with Gasteiger partial charge in [0.15, 0.2) is 5.76 Å². The molecule has 2 aromatic rings. The van der Waals surface area contributed by atoms with Crippen molar-refractivity contribution in [2.75, 3.05) is 13.1 Å². The molecule has 0 atom stereocenters. The highest BCUT2D eigenvalue weighted by Gasteiger charge is 2.35. The minimum Gasteiger partial charge on any atom is -0.471 e. The van der Waals surface area contributed by atoms with Gasteiger partial charge >= 0.3 is 5.88 Å². The first-order chi connectivity index (χ1) is 11.1. The number of carbonyl (C=O) groups excluding carboxylic acids is 1. The highest BCUT2D eigenvalue weighted by molar-refractivity contribution is 5.92. The Bertz CT molecular complexity index is 786. The van der Waals surface area contributed by atoms with Crippen LogP contribution in [-0.4, -0.2) is 39.9 Å². The standard InChI is InChI=1S/C14H10N4O5/c15-5-9-1-3-12(16-6-9)22-10-7-17(8-10)14(19)11-2-4-13(23-11)18(20)21/h1-4,6,10H,7-8H2. The molecule has 3 heterocycles. The SMILES string of the molecule is N#Cc1ccc(OC2CN(C(=O)c3ccc([N+](=O)[O-])o3)C2)nc1. The molecule has 1 aliphatic rings. The van der Waals surface area contributed by atoms with Gasteiger partial charge in [0, 0.05) is 12.3 Å². The fourth-order valence-electron chi connectivity index (χ4n) is 2.06. The van der Waals surface area contributed by atoms with E-state index in [2.05, 4.69) is 4.98 Å². The minimum absolute atomic E-state index is 0.0772. The monoisotopic (exact) mass is 314 g/mol. The van der Waals surface area contributed by atoms with Gasteiger partial charge in [-0.25, -0.2) is 4.98 Å². The van der Waals surface area contributed by atoms with Crippen LogP contribution in [0.15, 0.2) is 34.9 Å². The van der Waals surface area contributed by atoms with Crippen LogP contribution in [0.4, 0.5) is 5.88 Å². The third-order valence-electron chi connectivity index (χ3n) is 3.27. The van der Waals surface area contributed by atoms with Gasteiger partial charge in [0.2, 0.25) is 5.88 Å². The molecule has 23 heavy (non-hydrogen) atoms. The van der Waals surface area contributed by atoms with Crippen molar-refractivity contribution >= 4 is 11.8 Å². The number of likely N-dealkylation sites (tertiary alicyclic amines) is 1. The second-order valence-electron chi connectivity index (χ2n) is 4.84. The summed E-state index contributed by atoms with van der Waals surface area (Å²) in [5, 5.41) is 19.2. The van der Waals surface area contributed by atoms with E-state index in [9.17, 15) is 14.9 Å². The number of amides is 1. The summed E-state index contributed by atoms with van der Waals surface area (Å²) in [6.07, 6.45) is 1.18. The molecule has 1 fully saturated rings. The molecule has 9 heteroatoms. The van der Waals surface area contributed by atoms with E-state index in [1.165, 1.54) is 17.2 Å². The maximum atomic E-state index is 12.0. The summed E-state index contributed by atoms with van der Waals surface area (Å²) < 4.78 is 10.4. The van der Waals surface area contributed by atoms with Crippen LogP contribution in [0.25, 0.3) is 0 Å². The molecular weight excluding hydrogens is 304 g/mol. The van der Waals surface area contributed by atoms with Crippen molar-refractivity contribution in [3.63, 3.8) is 0 Å². The van der Waals surface area contributed by atoms with Gasteiger partial charge in [0.25, 0.3) is 5.91 Å². The Balaban J connectivity index is 1.54. The van der Waals surface area contributed by atoms with E-state index in [0.29, 0.717) is 24.5 Å². The molecule has 0 aromatic carbocycles. The number of carbonyl (C=O) groups is 1. The molecular formula is C14H10N4O5. The summed E-state index contributed by atoms with van der Waals surface area (Å²) in [6.45, 7) is 0.657. The summed E-state index contributed by atoms with van der Waals surface area (Å²) in [5.74, 6) is -0.601. The maximum Gasteiger partial charge on any atom is 0.433 e. The van der Waals surface area contributed by atoms with Crippen LogP contribution in [0.1, 0.15) is 16.1 Å². The molecule has 0 saturated carbocycles. The Morgan fingerprint density at radius 3 is 2.78 bits per heavy atom. The number of nitriles is 1. The van der Waals surface area contributed by atoms with E-state index in [-0.39, 0.29) is 11.9 Å². The first-order valence-corrected chi connectivity index (χ1v) is 6.63. The molecule has 0 unspecified atom stereocenters. The third-order valence-corrected chi connectivity index (χ3v) is 3.27. The molecule has 1 amide bonds. The molecule has 0 bridgehead atoms. The maximum absolute atomic E-state index is 12.0. The molecule has 0 N–H and O–H groups in total. The van der Waals surface area contributed by atoms with Crippen LogP contribution in [0.5, 0.6) is 5.88 Å². The second kappa shape index (κ2) is 5.76. The van der Waals surface area contributed by atoms with Crippen LogP contribution >= 0.6 is 0 Å². The molecule has 3 rings (SSSR count). The zero-order valence-corrected chi connectivity index (χ0v) is 11.7. The van der Waals surface area contributed by atoms with E-state index < -0.39 is 16.7 Å². The average Bonchev–Trinajstić information content (AvgIpc) is 3.00. The fraction of sp³-hybridized carbons (Fsp3) is 0.214. The third kappa shape index (κ3) is 2.96. The Hall–Kier alpha value is -3.41. The number of nitrogens with zero attached hydrogens (tertiary/aromatic N) is 4. The topological polar surface area (TPSA) is 122 Å². The van der Waals surface area contributed by atoms with Crippen molar-refractivity contribution in [1.29, 1.82) is 5.26 Å². The number of rotatable bonds is 4. The lowest BCUT2D eigenvalue weighted by molar-refractivity contribution is -0.402. The van der Waals surface area contributed by atoms with Gasteiger partial charge < -0.3 is 14.1 Å². The Morgan fingerprint density at radius 1 is 1.43 bits per heavy atom. The molecule has 1 aliphatic heterocycles. The van der Waals surface area contributed by atoms with Crippen LogP contribution in [0.3, 0.4) is 0 Å². The zero-order valence-electron chi connectivity index (χ0n) is 11.7. The normalized spacial score (nSPS) is 14.0. The molecule has 116 valence electrons. The Labute approximate surface area is 129 Å². The fourth-order valence-corrected chi connectivity index (χ4v) is 2.06. The summed E-state index contributed by atoms with van der Waals surface area (Å²) in [7, 11) is 0. The van der Waals surface area contributed by atoms with E-state index >= 15 is 0 Å². The molecule has 0 radical (unpaired) electrons. The lowest BCUT2D eigenvalue weighted by atomic mass is 10.1. The summed E-state index contributed by atoms with van der Waals surface area (Å²) >= 11 is 0. The molecule has 0 aliphatic carbocycles.